The molecule has 2 heterocycles. The Bertz CT molecular complexity index is 1380. The number of hydrogen-bond acceptors (Lipinski definition) is 5. The molecule has 0 aromatic heterocycles. The molecule has 0 radical (unpaired) electrons. The minimum Gasteiger partial charge on any atom is -0.497 e. The lowest BCUT2D eigenvalue weighted by Crippen LogP contribution is -2.53. The molecule has 1 atom stereocenters. The van der Waals surface area contributed by atoms with Crippen molar-refractivity contribution in [1.82, 2.24) is 10.2 Å². The fourth-order valence-electron chi connectivity index (χ4n) is 5.59. The number of likely N-dealkylation sites (tertiary alicyclic amines) is 1. The SMILES string of the molecule is COc1cccc(NC(=O)NC2CSc3ccccc3N(CC(=O)N3CCC(CCCc4ccccc4)CC3)C2=O)c1. The highest BCUT2D eigenvalue weighted by atomic mass is 32.2. The Hall–Kier alpha value is -3.98. The molecule has 42 heavy (non-hydrogen) atoms. The third-order valence-electron chi connectivity index (χ3n) is 7.94. The molecule has 0 bridgehead atoms. The molecule has 1 saturated heterocycles. The Balaban J connectivity index is 1.18. The molecule has 3 aromatic carbocycles. The number of piperidine rings is 1. The second kappa shape index (κ2) is 14.3. The molecule has 9 heteroatoms. The van der Waals surface area contributed by atoms with Crippen LogP contribution in [0.3, 0.4) is 0 Å². The van der Waals surface area contributed by atoms with E-state index in [0.29, 0.717) is 41.9 Å². The van der Waals surface area contributed by atoms with Crippen LogP contribution in [-0.4, -0.2) is 61.3 Å². The van der Waals surface area contributed by atoms with Crippen LogP contribution < -0.4 is 20.3 Å². The molecule has 2 N–H and O–H groups in total. The first-order valence-electron chi connectivity index (χ1n) is 14.6. The van der Waals surface area contributed by atoms with Crippen molar-refractivity contribution < 1.29 is 19.1 Å². The van der Waals surface area contributed by atoms with Crippen LogP contribution in [0, 0.1) is 5.92 Å². The number of carbonyl (C=O) groups is 3. The van der Waals surface area contributed by atoms with Gasteiger partial charge in [0.05, 0.1) is 12.8 Å². The molecule has 0 aliphatic carbocycles. The topological polar surface area (TPSA) is 91.0 Å². The fraction of sp³-hybridized carbons (Fsp3) is 0.364. The predicted molar refractivity (Wildman–Crippen MR) is 167 cm³/mol. The van der Waals surface area contributed by atoms with Crippen LogP contribution in [0.1, 0.15) is 31.2 Å². The third kappa shape index (κ3) is 7.64. The van der Waals surface area contributed by atoms with Crippen molar-refractivity contribution >= 4 is 41.0 Å². The molecule has 220 valence electrons. The standard InChI is InChI=1S/C33H38N4O4S/c1-41-27-14-8-13-26(21-27)34-33(40)35-28-23-42-30-16-6-5-15-29(30)37(32(28)39)22-31(38)36-19-17-25(18-20-36)12-7-11-24-9-3-2-4-10-24/h2-6,8-10,13-16,21,25,28H,7,11-12,17-20,22-23H2,1H3,(H2,34,35,40). The lowest BCUT2D eigenvalue weighted by Gasteiger charge is -2.34. The van der Waals surface area contributed by atoms with E-state index in [1.807, 2.05) is 35.2 Å². The Morgan fingerprint density at radius 1 is 0.976 bits per heavy atom. The van der Waals surface area contributed by atoms with Gasteiger partial charge in [-0.3, -0.25) is 9.59 Å². The molecule has 4 amide bonds. The first-order chi connectivity index (χ1) is 20.5. The summed E-state index contributed by atoms with van der Waals surface area (Å²) in [5.41, 5.74) is 2.63. The number of nitrogens with zero attached hydrogens (tertiary/aromatic N) is 2. The average molecular weight is 587 g/mol. The number of anilines is 2. The molecular formula is C33H38N4O4S. The van der Waals surface area contributed by atoms with E-state index in [4.69, 9.17) is 4.74 Å². The lowest BCUT2D eigenvalue weighted by molar-refractivity contribution is -0.132. The Morgan fingerprint density at radius 3 is 2.52 bits per heavy atom. The zero-order chi connectivity index (χ0) is 29.3. The van der Waals surface area contributed by atoms with Gasteiger partial charge < -0.3 is 25.2 Å². The number of fused-ring (bicyclic) bond motifs is 1. The number of amides is 4. The molecule has 3 aromatic rings. The van der Waals surface area contributed by atoms with Crippen molar-refractivity contribution in [1.29, 1.82) is 0 Å². The summed E-state index contributed by atoms with van der Waals surface area (Å²) >= 11 is 1.50. The lowest BCUT2D eigenvalue weighted by atomic mass is 9.90. The number of carbonyl (C=O) groups excluding carboxylic acids is 3. The van der Waals surface area contributed by atoms with Gasteiger partial charge in [-0.25, -0.2) is 4.79 Å². The van der Waals surface area contributed by atoms with E-state index in [0.717, 1.165) is 37.0 Å². The monoisotopic (exact) mass is 586 g/mol. The van der Waals surface area contributed by atoms with E-state index < -0.39 is 12.1 Å². The zero-order valence-corrected chi connectivity index (χ0v) is 24.8. The summed E-state index contributed by atoms with van der Waals surface area (Å²) in [5.74, 6) is 1.24. The van der Waals surface area contributed by atoms with Crippen molar-refractivity contribution in [2.24, 2.45) is 5.92 Å². The van der Waals surface area contributed by atoms with Crippen LogP contribution in [-0.2, 0) is 16.0 Å². The van der Waals surface area contributed by atoms with Gasteiger partial charge in [-0.15, -0.1) is 11.8 Å². The summed E-state index contributed by atoms with van der Waals surface area (Å²) in [6, 6.07) is 23.9. The van der Waals surface area contributed by atoms with Crippen molar-refractivity contribution in [2.45, 2.75) is 43.0 Å². The van der Waals surface area contributed by atoms with Crippen molar-refractivity contribution in [3.63, 3.8) is 0 Å². The number of hydrogen-bond donors (Lipinski definition) is 2. The summed E-state index contributed by atoms with van der Waals surface area (Å²) in [7, 11) is 1.56. The smallest absolute Gasteiger partial charge is 0.319 e. The van der Waals surface area contributed by atoms with Gasteiger partial charge >= 0.3 is 6.03 Å². The Labute approximate surface area is 251 Å². The quantitative estimate of drug-likeness (QED) is 0.341. The maximum atomic E-state index is 13.8. The number of methoxy groups -OCH3 is 1. The number of ether oxygens (including phenoxy) is 1. The number of thioether (sulfide) groups is 1. The van der Waals surface area contributed by atoms with Gasteiger partial charge in [0.15, 0.2) is 0 Å². The second-order valence-electron chi connectivity index (χ2n) is 10.8. The van der Waals surface area contributed by atoms with Crippen LogP contribution in [0.4, 0.5) is 16.2 Å². The predicted octanol–water partition coefficient (Wildman–Crippen LogP) is 5.59. The molecular weight excluding hydrogens is 548 g/mol. The molecule has 2 aliphatic rings. The first-order valence-corrected chi connectivity index (χ1v) is 15.5. The molecule has 1 unspecified atom stereocenters. The summed E-state index contributed by atoms with van der Waals surface area (Å²) in [6.07, 6.45) is 5.36. The molecule has 1 fully saturated rings. The number of para-hydroxylation sites is 1. The third-order valence-corrected chi connectivity index (χ3v) is 9.10. The summed E-state index contributed by atoms with van der Waals surface area (Å²) < 4.78 is 5.22. The molecule has 2 aliphatic heterocycles. The number of rotatable bonds is 9. The number of urea groups is 1. The second-order valence-corrected chi connectivity index (χ2v) is 11.8. The van der Waals surface area contributed by atoms with E-state index in [1.165, 1.54) is 17.3 Å². The normalized spacial score (nSPS) is 17.3. The average Bonchev–Trinajstić information content (AvgIpc) is 3.14. The van der Waals surface area contributed by atoms with Crippen LogP contribution in [0.25, 0.3) is 0 Å². The van der Waals surface area contributed by atoms with Crippen LogP contribution in [0.5, 0.6) is 5.75 Å². The maximum absolute atomic E-state index is 13.8. The summed E-state index contributed by atoms with van der Waals surface area (Å²) in [6.45, 7) is 1.36. The zero-order valence-electron chi connectivity index (χ0n) is 24.0. The van der Waals surface area contributed by atoms with Gasteiger partial charge in [0, 0.05) is 35.5 Å². The minimum absolute atomic E-state index is 0.0508. The maximum Gasteiger partial charge on any atom is 0.319 e. The first kappa shape index (κ1) is 29.5. The fourth-order valence-corrected chi connectivity index (χ4v) is 6.67. The van der Waals surface area contributed by atoms with E-state index >= 15 is 0 Å². The van der Waals surface area contributed by atoms with Crippen LogP contribution in [0.15, 0.2) is 83.8 Å². The highest BCUT2D eigenvalue weighted by molar-refractivity contribution is 7.99. The van der Waals surface area contributed by atoms with E-state index in [-0.39, 0.29) is 18.4 Å². The molecule has 8 nitrogen and oxygen atoms in total. The Morgan fingerprint density at radius 2 is 1.74 bits per heavy atom. The molecule has 0 saturated carbocycles. The largest absolute Gasteiger partial charge is 0.497 e. The number of nitrogens with one attached hydrogen (secondary N) is 2. The molecule has 5 rings (SSSR count). The summed E-state index contributed by atoms with van der Waals surface area (Å²) in [4.78, 5) is 44.5. The van der Waals surface area contributed by atoms with Gasteiger partial charge in [-0.2, -0.15) is 0 Å². The summed E-state index contributed by atoms with van der Waals surface area (Å²) in [5, 5.41) is 5.60. The Kier molecular flexibility index (Phi) is 10.0. The molecule has 0 spiro atoms. The number of aryl methyl sites for hydroxylation is 1. The van der Waals surface area contributed by atoms with E-state index in [2.05, 4.69) is 34.9 Å². The highest BCUT2D eigenvalue weighted by Gasteiger charge is 2.34. The van der Waals surface area contributed by atoms with Crippen LogP contribution >= 0.6 is 11.8 Å². The van der Waals surface area contributed by atoms with Gasteiger partial charge in [-0.05, 0) is 67.9 Å². The van der Waals surface area contributed by atoms with Crippen LogP contribution in [0.2, 0.25) is 0 Å². The minimum atomic E-state index is -0.795. The van der Waals surface area contributed by atoms with Gasteiger partial charge in [-0.1, -0.05) is 48.5 Å². The van der Waals surface area contributed by atoms with Crippen molar-refractivity contribution in [3.8, 4) is 5.75 Å². The highest BCUT2D eigenvalue weighted by Crippen LogP contribution is 2.34. The van der Waals surface area contributed by atoms with E-state index in [1.54, 1.807) is 36.3 Å². The number of benzene rings is 3. The van der Waals surface area contributed by atoms with E-state index in [9.17, 15) is 14.4 Å². The van der Waals surface area contributed by atoms with Gasteiger partial charge in [0.25, 0.3) is 5.91 Å². The van der Waals surface area contributed by atoms with Crippen molar-refractivity contribution in [3.05, 3.63) is 84.4 Å². The van der Waals surface area contributed by atoms with Gasteiger partial charge in [0.1, 0.15) is 18.3 Å². The van der Waals surface area contributed by atoms with Crippen molar-refractivity contribution in [2.75, 3.05) is 42.7 Å². The van der Waals surface area contributed by atoms with Gasteiger partial charge in [0.2, 0.25) is 5.91 Å².